The molecule has 0 heterocycles. The molecule has 0 radical (unpaired) electrons. The van der Waals surface area contributed by atoms with Gasteiger partial charge in [-0.15, -0.1) is 0 Å². The third kappa shape index (κ3) is 4.78. The third-order valence-electron chi connectivity index (χ3n) is 3.72. The lowest BCUT2D eigenvalue weighted by Crippen LogP contribution is -2.30. The van der Waals surface area contributed by atoms with E-state index in [0.29, 0.717) is 5.92 Å². The van der Waals surface area contributed by atoms with Gasteiger partial charge in [0.25, 0.3) is 0 Å². The summed E-state index contributed by atoms with van der Waals surface area (Å²) in [5.41, 5.74) is 5.75. The van der Waals surface area contributed by atoms with Gasteiger partial charge in [-0.3, -0.25) is 4.79 Å². The lowest BCUT2D eigenvalue weighted by molar-refractivity contribution is -0.118. The maximum Gasteiger partial charge on any atom is 0.146 e. The van der Waals surface area contributed by atoms with Crippen LogP contribution in [-0.2, 0) is 4.79 Å². The monoisotopic (exact) mass is 211 g/mol. The molecular formula is C13H25NO. The highest BCUT2D eigenvalue weighted by Crippen LogP contribution is 2.30. The zero-order chi connectivity index (χ0) is 11.3. The Hall–Kier alpha value is -0.370. The predicted molar refractivity (Wildman–Crippen MR) is 63.6 cm³/mol. The Morgan fingerprint density at radius 1 is 1.40 bits per heavy atom. The Balaban J connectivity index is 2.12. The molecule has 15 heavy (non-hydrogen) atoms. The number of nitrogens with two attached hydrogens (primary N) is 1. The van der Waals surface area contributed by atoms with Gasteiger partial charge in [0.2, 0.25) is 0 Å². The molecule has 0 saturated heterocycles. The SMILES string of the molecule is CC(=O)[C@@H](N)C[C@H](C)CCC1CCCC1. The Labute approximate surface area is 93.6 Å². The van der Waals surface area contributed by atoms with Crippen LogP contribution in [0, 0.1) is 11.8 Å². The van der Waals surface area contributed by atoms with E-state index in [4.69, 9.17) is 5.73 Å². The molecule has 1 saturated carbocycles. The summed E-state index contributed by atoms with van der Waals surface area (Å²) in [5.74, 6) is 1.69. The van der Waals surface area contributed by atoms with E-state index >= 15 is 0 Å². The van der Waals surface area contributed by atoms with Gasteiger partial charge in [-0.2, -0.15) is 0 Å². The van der Waals surface area contributed by atoms with Crippen LogP contribution in [-0.4, -0.2) is 11.8 Å². The van der Waals surface area contributed by atoms with E-state index in [1.54, 1.807) is 6.92 Å². The number of hydrogen-bond acceptors (Lipinski definition) is 2. The summed E-state index contributed by atoms with van der Waals surface area (Å²) >= 11 is 0. The predicted octanol–water partition coefficient (Wildman–Crippen LogP) is 2.90. The van der Waals surface area contributed by atoms with Crippen molar-refractivity contribution in [1.29, 1.82) is 0 Å². The molecule has 1 aliphatic carbocycles. The van der Waals surface area contributed by atoms with Crippen molar-refractivity contribution in [2.24, 2.45) is 17.6 Å². The Kier molecular flexibility index (Phi) is 5.30. The summed E-state index contributed by atoms with van der Waals surface area (Å²) in [6.07, 6.45) is 9.13. The molecule has 2 nitrogen and oxygen atoms in total. The van der Waals surface area contributed by atoms with Gasteiger partial charge in [-0.05, 0) is 25.2 Å². The van der Waals surface area contributed by atoms with Gasteiger partial charge in [0, 0.05) is 0 Å². The topological polar surface area (TPSA) is 43.1 Å². The van der Waals surface area contributed by atoms with E-state index in [-0.39, 0.29) is 11.8 Å². The van der Waals surface area contributed by atoms with Crippen LogP contribution in [0.2, 0.25) is 0 Å². The third-order valence-corrected chi connectivity index (χ3v) is 3.72. The van der Waals surface area contributed by atoms with Crippen LogP contribution < -0.4 is 5.73 Å². The van der Waals surface area contributed by atoms with Crippen molar-refractivity contribution in [3.8, 4) is 0 Å². The molecule has 2 atom stereocenters. The van der Waals surface area contributed by atoms with Crippen molar-refractivity contribution in [2.75, 3.05) is 0 Å². The second-order valence-electron chi connectivity index (χ2n) is 5.29. The van der Waals surface area contributed by atoms with Crippen molar-refractivity contribution < 1.29 is 4.79 Å². The van der Waals surface area contributed by atoms with Gasteiger partial charge < -0.3 is 5.73 Å². The van der Waals surface area contributed by atoms with Crippen LogP contribution in [0.4, 0.5) is 0 Å². The molecule has 88 valence electrons. The maximum atomic E-state index is 11.0. The van der Waals surface area contributed by atoms with Crippen molar-refractivity contribution >= 4 is 5.78 Å². The summed E-state index contributed by atoms with van der Waals surface area (Å²) in [7, 11) is 0. The first-order valence-corrected chi connectivity index (χ1v) is 6.35. The van der Waals surface area contributed by atoms with Gasteiger partial charge in [0.15, 0.2) is 0 Å². The van der Waals surface area contributed by atoms with Crippen LogP contribution in [0.3, 0.4) is 0 Å². The zero-order valence-electron chi connectivity index (χ0n) is 10.2. The first-order valence-electron chi connectivity index (χ1n) is 6.35. The van der Waals surface area contributed by atoms with Gasteiger partial charge in [-0.25, -0.2) is 0 Å². The molecule has 2 N–H and O–H groups in total. The average molecular weight is 211 g/mol. The molecule has 0 aromatic rings. The number of Topliss-reactive ketones (excluding diaryl/α,β-unsaturated/α-hetero) is 1. The van der Waals surface area contributed by atoms with Crippen molar-refractivity contribution in [3.05, 3.63) is 0 Å². The maximum absolute atomic E-state index is 11.0. The van der Waals surface area contributed by atoms with E-state index in [1.165, 1.54) is 38.5 Å². The lowest BCUT2D eigenvalue weighted by atomic mass is 9.91. The molecule has 1 aliphatic rings. The van der Waals surface area contributed by atoms with E-state index < -0.39 is 0 Å². The first-order chi connectivity index (χ1) is 7.09. The van der Waals surface area contributed by atoms with Crippen LogP contribution in [0.5, 0.6) is 0 Å². The Morgan fingerprint density at radius 2 is 2.00 bits per heavy atom. The van der Waals surface area contributed by atoms with Crippen molar-refractivity contribution in [3.63, 3.8) is 0 Å². The van der Waals surface area contributed by atoms with Gasteiger partial charge >= 0.3 is 0 Å². The molecular weight excluding hydrogens is 186 g/mol. The fourth-order valence-corrected chi connectivity index (χ4v) is 2.54. The molecule has 0 spiro atoms. The summed E-state index contributed by atoms with van der Waals surface area (Å²) in [4.78, 5) is 11.0. The fourth-order valence-electron chi connectivity index (χ4n) is 2.54. The highest BCUT2D eigenvalue weighted by molar-refractivity contribution is 5.81. The van der Waals surface area contributed by atoms with E-state index in [2.05, 4.69) is 6.92 Å². The number of carbonyl (C=O) groups is 1. The normalized spacial score (nSPS) is 21.5. The second-order valence-corrected chi connectivity index (χ2v) is 5.29. The van der Waals surface area contributed by atoms with Gasteiger partial charge in [-0.1, -0.05) is 45.4 Å². The molecule has 0 aromatic heterocycles. The minimum Gasteiger partial charge on any atom is -0.322 e. The highest BCUT2D eigenvalue weighted by atomic mass is 16.1. The molecule has 1 fully saturated rings. The highest BCUT2D eigenvalue weighted by Gasteiger charge is 2.17. The largest absolute Gasteiger partial charge is 0.322 e. The van der Waals surface area contributed by atoms with Crippen molar-refractivity contribution in [2.45, 2.75) is 64.8 Å². The average Bonchev–Trinajstić information content (AvgIpc) is 2.66. The molecule has 2 heteroatoms. The first kappa shape index (κ1) is 12.7. The smallest absolute Gasteiger partial charge is 0.146 e. The lowest BCUT2D eigenvalue weighted by Gasteiger charge is -2.17. The van der Waals surface area contributed by atoms with E-state index in [9.17, 15) is 4.79 Å². The number of hydrogen-bond donors (Lipinski definition) is 1. The molecule has 1 rings (SSSR count). The number of carbonyl (C=O) groups excluding carboxylic acids is 1. The number of ketones is 1. The molecule has 0 unspecified atom stereocenters. The van der Waals surface area contributed by atoms with Crippen LogP contribution in [0.1, 0.15) is 58.8 Å². The summed E-state index contributed by atoms with van der Waals surface area (Å²) in [5, 5.41) is 0. The van der Waals surface area contributed by atoms with E-state index in [1.807, 2.05) is 0 Å². The van der Waals surface area contributed by atoms with Crippen LogP contribution >= 0.6 is 0 Å². The second kappa shape index (κ2) is 6.26. The van der Waals surface area contributed by atoms with Crippen LogP contribution in [0.15, 0.2) is 0 Å². The Bertz CT molecular complexity index is 197. The summed E-state index contributed by atoms with van der Waals surface area (Å²) in [6.45, 7) is 3.81. The minimum atomic E-state index is -0.233. The van der Waals surface area contributed by atoms with E-state index in [0.717, 1.165) is 12.3 Å². The molecule has 0 bridgehead atoms. The van der Waals surface area contributed by atoms with Gasteiger partial charge in [0.05, 0.1) is 6.04 Å². The number of rotatable bonds is 6. The molecule has 0 amide bonds. The minimum absolute atomic E-state index is 0.128. The standard InChI is InChI=1S/C13H25NO/c1-10(9-13(14)11(2)15)7-8-12-5-3-4-6-12/h10,12-13H,3-9,14H2,1-2H3/t10-,13+/m1/s1. The van der Waals surface area contributed by atoms with Gasteiger partial charge in [0.1, 0.15) is 5.78 Å². The summed E-state index contributed by atoms with van der Waals surface area (Å²) in [6, 6.07) is -0.233. The fraction of sp³-hybridized carbons (Fsp3) is 0.923. The van der Waals surface area contributed by atoms with Crippen molar-refractivity contribution in [1.82, 2.24) is 0 Å². The molecule has 0 aliphatic heterocycles. The molecule has 0 aromatic carbocycles. The Morgan fingerprint density at radius 3 is 2.53 bits per heavy atom. The summed E-state index contributed by atoms with van der Waals surface area (Å²) < 4.78 is 0. The quantitative estimate of drug-likeness (QED) is 0.734. The van der Waals surface area contributed by atoms with Crippen LogP contribution in [0.25, 0.3) is 0 Å². The zero-order valence-corrected chi connectivity index (χ0v) is 10.2.